The lowest BCUT2D eigenvalue weighted by Crippen LogP contribution is -2.10. The van der Waals surface area contributed by atoms with Crippen LogP contribution in [0, 0.1) is 0 Å². The lowest BCUT2D eigenvalue weighted by molar-refractivity contribution is 0.463. The number of aromatic hydroxyl groups is 1. The van der Waals surface area contributed by atoms with E-state index in [2.05, 4.69) is 23.3 Å². The first-order valence-electron chi connectivity index (χ1n) is 7.17. The van der Waals surface area contributed by atoms with Crippen LogP contribution in [0.25, 0.3) is 10.9 Å². The van der Waals surface area contributed by atoms with Crippen molar-refractivity contribution in [2.45, 2.75) is 19.4 Å². The maximum atomic E-state index is 10.1. The van der Waals surface area contributed by atoms with Gasteiger partial charge in [0.05, 0.1) is 11.6 Å². The van der Waals surface area contributed by atoms with Gasteiger partial charge in [0.1, 0.15) is 5.75 Å². The standard InChI is InChI=1S/C18H18N2O/c1-2-15(14-7-3-4-11-18(14)21)20-17-10-5-9-16-13(17)8-6-12-19-16/h3-12,15,20-21H,2H2,1H3. The molecule has 21 heavy (non-hydrogen) atoms. The third-order valence-electron chi connectivity index (χ3n) is 3.70. The number of anilines is 1. The number of benzene rings is 2. The highest BCUT2D eigenvalue weighted by Gasteiger charge is 2.14. The van der Waals surface area contributed by atoms with E-state index >= 15 is 0 Å². The molecule has 1 aromatic heterocycles. The molecule has 0 bridgehead atoms. The van der Waals surface area contributed by atoms with E-state index in [0.717, 1.165) is 28.6 Å². The van der Waals surface area contributed by atoms with Crippen LogP contribution in [-0.2, 0) is 0 Å². The Hall–Kier alpha value is -2.55. The molecule has 2 aromatic carbocycles. The molecule has 0 saturated heterocycles. The molecule has 3 heteroatoms. The van der Waals surface area contributed by atoms with Crippen LogP contribution in [0.1, 0.15) is 24.9 Å². The number of hydrogen-bond acceptors (Lipinski definition) is 3. The molecule has 0 fully saturated rings. The number of fused-ring (bicyclic) bond motifs is 1. The summed E-state index contributed by atoms with van der Waals surface area (Å²) in [5, 5.41) is 14.7. The van der Waals surface area contributed by atoms with E-state index in [1.807, 2.05) is 42.5 Å². The van der Waals surface area contributed by atoms with Crippen LogP contribution in [0.4, 0.5) is 5.69 Å². The molecule has 3 rings (SSSR count). The summed E-state index contributed by atoms with van der Waals surface area (Å²) in [6, 6.07) is 17.6. The highest BCUT2D eigenvalue weighted by Crippen LogP contribution is 2.31. The van der Waals surface area contributed by atoms with Crippen LogP contribution in [0.5, 0.6) is 5.75 Å². The highest BCUT2D eigenvalue weighted by molar-refractivity contribution is 5.91. The van der Waals surface area contributed by atoms with Crippen LogP contribution in [0.3, 0.4) is 0 Å². The fraction of sp³-hybridized carbons (Fsp3) is 0.167. The molecular weight excluding hydrogens is 260 g/mol. The number of nitrogens with zero attached hydrogens (tertiary/aromatic N) is 1. The summed E-state index contributed by atoms with van der Waals surface area (Å²) < 4.78 is 0. The van der Waals surface area contributed by atoms with Crippen molar-refractivity contribution in [3.63, 3.8) is 0 Å². The fourth-order valence-corrected chi connectivity index (χ4v) is 2.60. The average molecular weight is 278 g/mol. The molecule has 106 valence electrons. The van der Waals surface area contributed by atoms with Crippen molar-refractivity contribution in [3.05, 3.63) is 66.4 Å². The van der Waals surface area contributed by atoms with Crippen molar-refractivity contribution in [2.75, 3.05) is 5.32 Å². The average Bonchev–Trinajstić information content (AvgIpc) is 2.53. The lowest BCUT2D eigenvalue weighted by Gasteiger charge is -2.20. The largest absolute Gasteiger partial charge is 0.508 e. The number of aromatic nitrogens is 1. The zero-order chi connectivity index (χ0) is 14.7. The second-order valence-corrected chi connectivity index (χ2v) is 5.04. The minimum atomic E-state index is 0.0667. The lowest BCUT2D eigenvalue weighted by atomic mass is 10.0. The van der Waals surface area contributed by atoms with Crippen molar-refractivity contribution < 1.29 is 5.11 Å². The molecule has 1 heterocycles. The fourth-order valence-electron chi connectivity index (χ4n) is 2.60. The van der Waals surface area contributed by atoms with Gasteiger partial charge in [0, 0.05) is 22.8 Å². The minimum Gasteiger partial charge on any atom is -0.508 e. The van der Waals surface area contributed by atoms with Gasteiger partial charge >= 0.3 is 0 Å². The summed E-state index contributed by atoms with van der Waals surface area (Å²) in [4.78, 5) is 4.38. The first kappa shape index (κ1) is 13.4. The van der Waals surface area contributed by atoms with Gasteiger partial charge in [-0.2, -0.15) is 0 Å². The van der Waals surface area contributed by atoms with E-state index in [4.69, 9.17) is 0 Å². The van der Waals surface area contributed by atoms with E-state index in [1.54, 1.807) is 12.3 Å². The molecule has 3 aromatic rings. The van der Waals surface area contributed by atoms with Crippen LogP contribution in [-0.4, -0.2) is 10.1 Å². The maximum Gasteiger partial charge on any atom is 0.120 e. The van der Waals surface area contributed by atoms with Crippen LogP contribution in [0.2, 0.25) is 0 Å². The van der Waals surface area contributed by atoms with Gasteiger partial charge in [0.25, 0.3) is 0 Å². The maximum absolute atomic E-state index is 10.1. The summed E-state index contributed by atoms with van der Waals surface area (Å²) >= 11 is 0. The second kappa shape index (κ2) is 5.83. The number of rotatable bonds is 4. The number of nitrogens with one attached hydrogen (secondary N) is 1. The van der Waals surface area contributed by atoms with Gasteiger partial charge in [-0.15, -0.1) is 0 Å². The molecule has 1 atom stereocenters. The molecule has 1 unspecified atom stereocenters. The van der Waals surface area contributed by atoms with Crippen LogP contribution < -0.4 is 5.32 Å². The third kappa shape index (κ3) is 2.68. The molecule has 0 radical (unpaired) electrons. The number of hydrogen-bond donors (Lipinski definition) is 2. The molecule has 2 N–H and O–H groups in total. The topological polar surface area (TPSA) is 45.2 Å². The smallest absolute Gasteiger partial charge is 0.120 e. The Bertz CT molecular complexity index is 750. The predicted octanol–water partition coefficient (Wildman–Crippen LogP) is 4.50. The van der Waals surface area contributed by atoms with Gasteiger partial charge < -0.3 is 10.4 Å². The van der Waals surface area contributed by atoms with E-state index in [1.165, 1.54) is 0 Å². The quantitative estimate of drug-likeness (QED) is 0.738. The monoisotopic (exact) mass is 278 g/mol. The third-order valence-corrected chi connectivity index (χ3v) is 3.70. The van der Waals surface area contributed by atoms with Crippen molar-refractivity contribution >= 4 is 16.6 Å². The molecule has 0 spiro atoms. The van der Waals surface area contributed by atoms with Gasteiger partial charge in [-0.05, 0) is 36.8 Å². The normalized spacial score (nSPS) is 12.2. The van der Waals surface area contributed by atoms with Crippen LogP contribution in [0.15, 0.2) is 60.8 Å². The summed E-state index contributed by atoms with van der Waals surface area (Å²) in [5.41, 5.74) is 2.92. The Balaban J connectivity index is 1.98. The van der Waals surface area contributed by atoms with E-state index in [-0.39, 0.29) is 6.04 Å². The number of para-hydroxylation sites is 1. The first-order chi connectivity index (χ1) is 10.3. The molecule has 0 aliphatic heterocycles. The molecular formula is C18H18N2O. The minimum absolute atomic E-state index is 0.0667. The van der Waals surface area contributed by atoms with E-state index in [9.17, 15) is 5.11 Å². The van der Waals surface area contributed by atoms with Crippen LogP contribution >= 0.6 is 0 Å². The van der Waals surface area contributed by atoms with Gasteiger partial charge in [-0.1, -0.05) is 31.2 Å². The second-order valence-electron chi connectivity index (χ2n) is 5.04. The van der Waals surface area contributed by atoms with Gasteiger partial charge in [-0.3, -0.25) is 4.98 Å². The Labute approximate surface area is 124 Å². The van der Waals surface area contributed by atoms with Crippen molar-refractivity contribution in [2.24, 2.45) is 0 Å². The summed E-state index contributed by atoms with van der Waals surface area (Å²) in [5.74, 6) is 0.329. The molecule has 0 saturated carbocycles. The predicted molar refractivity (Wildman–Crippen MR) is 86.5 cm³/mol. The highest BCUT2D eigenvalue weighted by atomic mass is 16.3. The Morgan fingerprint density at radius 1 is 1.05 bits per heavy atom. The van der Waals surface area contributed by atoms with Gasteiger partial charge in [-0.25, -0.2) is 0 Å². The molecule has 0 aliphatic rings. The Morgan fingerprint density at radius 3 is 2.71 bits per heavy atom. The Kier molecular flexibility index (Phi) is 3.73. The summed E-state index contributed by atoms with van der Waals surface area (Å²) in [6.07, 6.45) is 2.68. The zero-order valence-corrected chi connectivity index (χ0v) is 12.0. The summed E-state index contributed by atoms with van der Waals surface area (Å²) in [7, 11) is 0. The van der Waals surface area contributed by atoms with Crippen molar-refractivity contribution in [1.29, 1.82) is 0 Å². The van der Waals surface area contributed by atoms with Gasteiger partial charge in [0.2, 0.25) is 0 Å². The number of phenolic OH excluding ortho intramolecular Hbond substituents is 1. The first-order valence-corrected chi connectivity index (χ1v) is 7.17. The molecule has 0 amide bonds. The molecule has 3 nitrogen and oxygen atoms in total. The zero-order valence-electron chi connectivity index (χ0n) is 12.0. The Morgan fingerprint density at radius 2 is 1.90 bits per heavy atom. The van der Waals surface area contributed by atoms with E-state index in [0.29, 0.717) is 5.75 Å². The van der Waals surface area contributed by atoms with Crippen molar-refractivity contribution in [1.82, 2.24) is 4.98 Å². The molecule has 0 aliphatic carbocycles. The number of phenols is 1. The SMILES string of the molecule is CCC(Nc1cccc2ncccc12)c1ccccc1O. The van der Waals surface area contributed by atoms with Crippen molar-refractivity contribution in [3.8, 4) is 5.75 Å². The number of pyridine rings is 1. The van der Waals surface area contributed by atoms with E-state index < -0.39 is 0 Å². The summed E-state index contributed by atoms with van der Waals surface area (Å²) in [6.45, 7) is 2.10. The van der Waals surface area contributed by atoms with Gasteiger partial charge in [0.15, 0.2) is 0 Å².